The van der Waals surface area contributed by atoms with Crippen LogP contribution in [0.2, 0.25) is 0 Å². The van der Waals surface area contributed by atoms with Crippen molar-refractivity contribution in [3.05, 3.63) is 53.6 Å². The maximum absolute atomic E-state index is 13.3. The Morgan fingerprint density at radius 1 is 0.952 bits per heavy atom. The smallest absolute Gasteiger partial charge is 0.227 e. The Kier molecular flexibility index (Phi) is 3.04. The Hall–Kier alpha value is -2.23. The van der Waals surface area contributed by atoms with Gasteiger partial charge in [-0.1, -0.05) is 26.8 Å². The molecule has 3 aromatic rings. The standard InChI is InChI=1S/C17H15F2NO/c1-17(2,3)11-4-5-15-14(8-11)20-16(21-15)10-6-12(18)9-13(19)7-10/h4-9H,1-3H3. The molecule has 0 unspecified atom stereocenters. The normalized spacial score (nSPS) is 12.0. The van der Waals surface area contributed by atoms with E-state index in [0.717, 1.165) is 11.6 Å². The average Bonchev–Trinajstić information content (AvgIpc) is 2.79. The van der Waals surface area contributed by atoms with Crippen molar-refractivity contribution in [2.75, 3.05) is 0 Å². The Morgan fingerprint density at radius 2 is 1.62 bits per heavy atom. The van der Waals surface area contributed by atoms with Gasteiger partial charge in [-0.05, 0) is 35.2 Å². The summed E-state index contributed by atoms with van der Waals surface area (Å²) in [6, 6.07) is 8.99. The van der Waals surface area contributed by atoms with E-state index in [1.165, 1.54) is 12.1 Å². The Balaban J connectivity index is 2.13. The number of halogens is 2. The van der Waals surface area contributed by atoms with Crippen LogP contribution in [0.25, 0.3) is 22.6 Å². The molecule has 2 nitrogen and oxygen atoms in total. The molecule has 0 saturated heterocycles. The predicted octanol–water partition coefficient (Wildman–Crippen LogP) is 5.07. The van der Waals surface area contributed by atoms with Gasteiger partial charge in [0.05, 0.1) is 0 Å². The van der Waals surface area contributed by atoms with Crippen molar-refractivity contribution in [1.82, 2.24) is 4.98 Å². The fourth-order valence-electron chi connectivity index (χ4n) is 2.19. The second kappa shape index (κ2) is 4.65. The number of oxazole rings is 1. The first-order chi connectivity index (χ1) is 9.83. The minimum atomic E-state index is -0.650. The van der Waals surface area contributed by atoms with Crippen molar-refractivity contribution >= 4 is 11.1 Å². The molecule has 0 atom stereocenters. The van der Waals surface area contributed by atoms with Crippen LogP contribution in [0.5, 0.6) is 0 Å². The molecule has 0 spiro atoms. The summed E-state index contributed by atoms with van der Waals surface area (Å²) in [4.78, 5) is 4.34. The zero-order valence-corrected chi connectivity index (χ0v) is 12.1. The monoisotopic (exact) mass is 287 g/mol. The first-order valence-corrected chi connectivity index (χ1v) is 6.70. The first kappa shape index (κ1) is 13.7. The van der Waals surface area contributed by atoms with Crippen molar-refractivity contribution in [2.45, 2.75) is 26.2 Å². The lowest BCUT2D eigenvalue weighted by Crippen LogP contribution is -2.10. The minimum Gasteiger partial charge on any atom is -0.436 e. The van der Waals surface area contributed by atoms with Gasteiger partial charge in [-0.3, -0.25) is 0 Å². The highest BCUT2D eigenvalue weighted by Crippen LogP contribution is 2.29. The van der Waals surface area contributed by atoms with Gasteiger partial charge in [0.25, 0.3) is 0 Å². The number of fused-ring (bicyclic) bond motifs is 1. The lowest BCUT2D eigenvalue weighted by Gasteiger charge is -2.18. The van der Waals surface area contributed by atoms with Gasteiger partial charge < -0.3 is 4.42 Å². The van der Waals surface area contributed by atoms with Crippen LogP contribution < -0.4 is 0 Å². The van der Waals surface area contributed by atoms with E-state index in [1.54, 1.807) is 0 Å². The fraction of sp³-hybridized carbons (Fsp3) is 0.235. The number of rotatable bonds is 1. The van der Waals surface area contributed by atoms with Gasteiger partial charge in [0, 0.05) is 11.6 Å². The summed E-state index contributed by atoms with van der Waals surface area (Å²) in [6.45, 7) is 6.32. The van der Waals surface area contributed by atoms with Gasteiger partial charge >= 0.3 is 0 Å². The maximum Gasteiger partial charge on any atom is 0.227 e. The molecule has 1 aromatic heterocycles. The molecule has 0 amide bonds. The number of aromatic nitrogens is 1. The summed E-state index contributed by atoms with van der Waals surface area (Å²) in [5, 5.41) is 0. The Labute approximate surface area is 121 Å². The SMILES string of the molecule is CC(C)(C)c1ccc2oc(-c3cc(F)cc(F)c3)nc2c1. The van der Waals surface area contributed by atoms with E-state index in [1.807, 2.05) is 18.2 Å². The van der Waals surface area contributed by atoms with Crippen LogP contribution in [-0.4, -0.2) is 4.98 Å². The van der Waals surface area contributed by atoms with Gasteiger partial charge in [0.15, 0.2) is 5.58 Å². The predicted molar refractivity (Wildman–Crippen MR) is 78.1 cm³/mol. The van der Waals surface area contributed by atoms with Gasteiger partial charge in [0.2, 0.25) is 5.89 Å². The van der Waals surface area contributed by atoms with Crippen molar-refractivity contribution in [3.8, 4) is 11.5 Å². The van der Waals surface area contributed by atoms with Crippen LogP contribution in [0, 0.1) is 11.6 Å². The second-order valence-corrected chi connectivity index (χ2v) is 6.11. The third-order valence-electron chi connectivity index (χ3n) is 3.36. The largest absolute Gasteiger partial charge is 0.436 e. The second-order valence-electron chi connectivity index (χ2n) is 6.11. The molecule has 108 valence electrons. The van der Waals surface area contributed by atoms with Crippen molar-refractivity contribution < 1.29 is 13.2 Å². The van der Waals surface area contributed by atoms with Crippen LogP contribution >= 0.6 is 0 Å². The number of hydrogen-bond acceptors (Lipinski definition) is 2. The third kappa shape index (κ3) is 2.66. The van der Waals surface area contributed by atoms with E-state index in [4.69, 9.17) is 4.42 Å². The van der Waals surface area contributed by atoms with Crippen LogP contribution in [0.4, 0.5) is 8.78 Å². The van der Waals surface area contributed by atoms with Gasteiger partial charge in [-0.15, -0.1) is 0 Å². The van der Waals surface area contributed by atoms with E-state index < -0.39 is 11.6 Å². The third-order valence-corrected chi connectivity index (χ3v) is 3.36. The lowest BCUT2D eigenvalue weighted by molar-refractivity contribution is 0.578. The fourth-order valence-corrected chi connectivity index (χ4v) is 2.19. The van der Waals surface area contributed by atoms with Crippen LogP contribution in [-0.2, 0) is 5.41 Å². The minimum absolute atomic E-state index is 0.00172. The molecule has 0 fully saturated rings. The zero-order chi connectivity index (χ0) is 15.2. The molecular formula is C17H15F2NO. The molecule has 3 rings (SSSR count). The summed E-state index contributed by atoms with van der Waals surface area (Å²) in [6.07, 6.45) is 0. The summed E-state index contributed by atoms with van der Waals surface area (Å²) in [5.74, 6) is -1.08. The Morgan fingerprint density at radius 3 is 2.24 bits per heavy atom. The molecule has 2 aromatic carbocycles. The molecule has 1 heterocycles. The van der Waals surface area contributed by atoms with Crippen molar-refractivity contribution in [2.24, 2.45) is 0 Å². The van der Waals surface area contributed by atoms with E-state index in [9.17, 15) is 8.78 Å². The molecule has 0 N–H and O–H groups in total. The molecule has 0 aliphatic carbocycles. The van der Waals surface area contributed by atoms with Gasteiger partial charge in [0.1, 0.15) is 17.2 Å². The zero-order valence-electron chi connectivity index (χ0n) is 12.1. The van der Waals surface area contributed by atoms with E-state index in [2.05, 4.69) is 25.8 Å². The van der Waals surface area contributed by atoms with Crippen LogP contribution in [0.3, 0.4) is 0 Å². The summed E-state index contributed by atoms with van der Waals surface area (Å²) in [7, 11) is 0. The molecule has 4 heteroatoms. The number of benzene rings is 2. The quantitative estimate of drug-likeness (QED) is 0.624. The summed E-state index contributed by atoms with van der Waals surface area (Å²) >= 11 is 0. The van der Waals surface area contributed by atoms with Crippen molar-refractivity contribution in [1.29, 1.82) is 0 Å². The topological polar surface area (TPSA) is 26.0 Å². The number of nitrogens with zero attached hydrogens (tertiary/aromatic N) is 1. The summed E-state index contributed by atoms with van der Waals surface area (Å²) in [5.41, 5.74) is 2.70. The maximum atomic E-state index is 13.3. The Bertz CT molecular complexity index is 795. The van der Waals surface area contributed by atoms with Crippen molar-refractivity contribution in [3.63, 3.8) is 0 Å². The molecular weight excluding hydrogens is 272 g/mol. The summed E-state index contributed by atoms with van der Waals surface area (Å²) < 4.78 is 32.1. The highest BCUT2D eigenvalue weighted by molar-refractivity contribution is 5.77. The van der Waals surface area contributed by atoms with Crippen LogP contribution in [0.15, 0.2) is 40.8 Å². The lowest BCUT2D eigenvalue weighted by atomic mass is 9.87. The molecule has 0 aliphatic rings. The number of hydrogen-bond donors (Lipinski definition) is 0. The molecule has 0 radical (unpaired) electrons. The van der Waals surface area contributed by atoms with E-state index in [-0.39, 0.29) is 11.3 Å². The van der Waals surface area contributed by atoms with Gasteiger partial charge in [-0.25, -0.2) is 13.8 Å². The van der Waals surface area contributed by atoms with Crippen LogP contribution in [0.1, 0.15) is 26.3 Å². The molecule has 0 saturated carbocycles. The molecule has 0 bridgehead atoms. The first-order valence-electron chi connectivity index (χ1n) is 6.70. The molecule has 0 aliphatic heterocycles. The highest BCUT2D eigenvalue weighted by Gasteiger charge is 2.16. The van der Waals surface area contributed by atoms with E-state index >= 15 is 0 Å². The van der Waals surface area contributed by atoms with E-state index in [0.29, 0.717) is 16.7 Å². The highest BCUT2D eigenvalue weighted by atomic mass is 19.1. The average molecular weight is 287 g/mol. The molecule has 21 heavy (non-hydrogen) atoms. The van der Waals surface area contributed by atoms with Gasteiger partial charge in [-0.2, -0.15) is 0 Å².